The first-order valence-corrected chi connectivity index (χ1v) is 5.63. The summed E-state index contributed by atoms with van der Waals surface area (Å²) in [5.41, 5.74) is -1.60. The van der Waals surface area contributed by atoms with Gasteiger partial charge in [-0.2, -0.15) is 13.2 Å². The van der Waals surface area contributed by atoms with Crippen molar-refractivity contribution in [2.75, 3.05) is 14.2 Å². The van der Waals surface area contributed by atoms with Crippen molar-refractivity contribution >= 4 is 5.78 Å². The first-order chi connectivity index (χ1) is 9.14. The number of rotatable bonds is 5. The summed E-state index contributed by atoms with van der Waals surface area (Å²) in [6.07, 6.45) is -5.94. The average Bonchev–Trinajstić information content (AvgIpc) is 2.37. The SMILES string of the molecule is COc1ccc(F)cc1C(C)(CC(=O)C(F)(F)F)OC. The molecule has 112 valence electrons. The highest BCUT2D eigenvalue weighted by molar-refractivity contribution is 5.85. The lowest BCUT2D eigenvalue weighted by Crippen LogP contribution is -2.34. The van der Waals surface area contributed by atoms with Gasteiger partial charge in [-0.05, 0) is 25.1 Å². The van der Waals surface area contributed by atoms with Crippen LogP contribution < -0.4 is 4.74 Å². The number of hydrogen-bond donors (Lipinski definition) is 0. The van der Waals surface area contributed by atoms with Gasteiger partial charge in [0.2, 0.25) is 5.78 Å². The monoisotopic (exact) mass is 294 g/mol. The second-order valence-electron chi connectivity index (χ2n) is 4.38. The average molecular weight is 294 g/mol. The van der Waals surface area contributed by atoms with Crippen LogP contribution in [0.3, 0.4) is 0 Å². The van der Waals surface area contributed by atoms with Gasteiger partial charge < -0.3 is 9.47 Å². The summed E-state index contributed by atoms with van der Waals surface area (Å²) >= 11 is 0. The normalized spacial score (nSPS) is 14.8. The van der Waals surface area contributed by atoms with Gasteiger partial charge in [0, 0.05) is 19.1 Å². The number of halogens is 4. The summed E-state index contributed by atoms with van der Waals surface area (Å²) in [4.78, 5) is 11.2. The summed E-state index contributed by atoms with van der Waals surface area (Å²) in [7, 11) is 2.44. The van der Waals surface area contributed by atoms with Gasteiger partial charge in [0.15, 0.2) is 0 Å². The molecule has 0 aromatic heterocycles. The van der Waals surface area contributed by atoms with Crippen LogP contribution >= 0.6 is 0 Å². The molecular weight excluding hydrogens is 280 g/mol. The molecule has 20 heavy (non-hydrogen) atoms. The second-order valence-corrected chi connectivity index (χ2v) is 4.38. The minimum absolute atomic E-state index is 0.0418. The Balaban J connectivity index is 3.23. The molecule has 0 bridgehead atoms. The van der Waals surface area contributed by atoms with Crippen LogP contribution in [0.2, 0.25) is 0 Å². The number of ketones is 1. The Bertz CT molecular complexity index is 499. The summed E-state index contributed by atoms with van der Waals surface area (Å²) in [5.74, 6) is -2.47. The van der Waals surface area contributed by atoms with Gasteiger partial charge in [-0.1, -0.05) is 0 Å². The van der Waals surface area contributed by atoms with E-state index in [1.54, 1.807) is 0 Å². The Morgan fingerprint density at radius 3 is 2.30 bits per heavy atom. The van der Waals surface area contributed by atoms with Crippen LogP contribution in [0.25, 0.3) is 0 Å². The zero-order chi connectivity index (χ0) is 15.6. The van der Waals surface area contributed by atoms with Gasteiger partial charge in [-0.15, -0.1) is 0 Å². The Morgan fingerprint density at radius 2 is 1.85 bits per heavy atom. The fourth-order valence-electron chi connectivity index (χ4n) is 1.78. The van der Waals surface area contributed by atoms with Crippen molar-refractivity contribution in [1.82, 2.24) is 0 Å². The van der Waals surface area contributed by atoms with Crippen LogP contribution in [0.1, 0.15) is 18.9 Å². The fraction of sp³-hybridized carbons (Fsp3) is 0.462. The van der Waals surface area contributed by atoms with Gasteiger partial charge in [0.05, 0.1) is 7.11 Å². The highest BCUT2D eigenvalue weighted by atomic mass is 19.4. The van der Waals surface area contributed by atoms with E-state index in [4.69, 9.17) is 9.47 Å². The van der Waals surface area contributed by atoms with E-state index >= 15 is 0 Å². The molecule has 0 aliphatic carbocycles. The number of Topliss-reactive ketones (excluding diaryl/α,β-unsaturated/α-hetero) is 1. The number of carbonyl (C=O) groups is 1. The van der Waals surface area contributed by atoms with E-state index < -0.39 is 29.8 Å². The van der Waals surface area contributed by atoms with Crippen molar-refractivity contribution in [3.05, 3.63) is 29.6 Å². The van der Waals surface area contributed by atoms with E-state index in [1.807, 2.05) is 0 Å². The first kappa shape index (κ1) is 16.4. The van der Waals surface area contributed by atoms with Gasteiger partial charge in [-0.25, -0.2) is 4.39 Å². The summed E-state index contributed by atoms with van der Waals surface area (Å²) in [6.45, 7) is 1.27. The van der Waals surface area contributed by atoms with Crippen LogP contribution in [0.15, 0.2) is 18.2 Å². The van der Waals surface area contributed by atoms with Crippen LogP contribution in [0, 0.1) is 5.82 Å². The van der Waals surface area contributed by atoms with Crippen molar-refractivity contribution in [1.29, 1.82) is 0 Å². The van der Waals surface area contributed by atoms with Gasteiger partial charge >= 0.3 is 6.18 Å². The van der Waals surface area contributed by atoms with E-state index in [1.165, 1.54) is 20.1 Å². The van der Waals surface area contributed by atoms with Crippen LogP contribution in [0.4, 0.5) is 17.6 Å². The molecule has 0 aliphatic rings. The van der Waals surface area contributed by atoms with E-state index in [9.17, 15) is 22.4 Å². The molecule has 0 N–H and O–H groups in total. The lowest BCUT2D eigenvalue weighted by atomic mass is 9.89. The minimum Gasteiger partial charge on any atom is -0.496 e. The number of benzene rings is 1. The number of hydrogen-bond acceptors (Lipinski definition) is 3. The molecule has 3 nitrogen and oxygen atoms in total. The largest absolute Gasteiger partial charge is 0.496 e. The lowest BCUT2D eigenvalue weighted by Gasteiger charge is -2.29. The molecule has 1 atom stereocenters. The molecule has 0 saturated heterocycles. The molecule has 0 aliphatic heterocycles. The van der Waals surface area contributed by atoms with E-state index in [2.05, 4.69) is 0 Å². The quantitative estimate of drug-likeness (QED) is 0.782. The van der Waals surface area contributed by atoms with Gasteiger partial charge in [0.25, 0.3) is 0 Å². The Labute approximate surface area is 113 Å². The molecule has 0 heterocycles. The van der Waals surface area contributed by atoms with Crippen LogP contribution in [-0.2, 0) is 15.1 Å². The molecule has 0 fully saturated rings. The first-order valence-electron chi connectivity index (χ1n) is 5.63. The zero-order valence-corrected chi connectivity index (χ0v) is 11.2. The van der Waals surface area contributed by atoms with Crippen molar-refractivity contribution < 1.29 is 31.8 Å². The van der Waals surface area contributed by atoms with E-state index in [0.29, 0.717) is 0 Å². The molecule has 0 radical (unpaired) electrons. The number of carbonyl (C=O) groups excluding carboxylic acids is 1. The van der Waals surface area contributed by atoms with Crippen molar-refractivity contribution in [3.8, 4) is 5.75 Å². The number of methoxy groups -OCH3 is 2. The van der Waals surface area contributed by atoms with Crippen LogP contribution in [-0.4, -0.2) is 26.2 Å². The lowest BCUT2D eigenvalue weighted by molar-refractivity contribution is -0.176. The fourth-order valence-corrected chi connectivity index (χ4v) is 1.78. The molecule has 1 rings (SSSR count). The van der Waals surface area contributed by atoms with Gasteiger partial charge in [0.1, 0.15) is 17.2 Å². The third-order valence-corrected chi connectivity index (χ3v) is 3.00. The molecule has 0 spiro atoms. The Morgan fingerprint density at radius 1 is 1.25 bits per heavy atom. The molecule has 1 unspecified atom stereocenters. The van der Waals surface area contributed by atoms with Crippen molar-refractivity contribution in [2.24, 2.45) is 0 Å². The van der Waals surface area contributed by atoms with Crippen molar-refractivity contribution in [2.45, 2.75) is 25.1 Å². The molecule has 0 saturated carbocycles. The third kappa shape index (κ3) is 3.47. The Hall–Kier alpha value is -1.63. The highest BCUT2D eigenvalue weighted by Gasteiger charge is 2.44. The van der Waals surface area contributed by atoms with E-state index in [0.717, 1.165) is 19.2 Å². The maximum atomic E-state index is 13.3. The maximum Gasteiger partial charge on any atom is 0.450 e. The van der Waals surface area contributed by atoms with Gasteiger partial charge in [-0.3, -0.25) is 4.79 Å². The number of alkyl halides is 3. The standard InChI is InChI=1S/C13H14F4O3/c1-12(20-3,7-11(18)13(15,16)17)9-6-8(14)4-5-10(9)19-2/h4-6H,7H2,1-3H3. The minimum atomic E-state index is -4.97. The predicted octanol–water partition coefficient (Wildman–Crippen LogP) is 3.22. The summed E-state index contributed by atoms with van der Waals surface area (Å²) in [5, 5.41) is 0. The second kappa shape index (κ2) is 5.78. The highest BCUT2D eigenvalue weighted by Crippen LogP contribution is 2.37. The molecule has 0 amide bonds. The topological polar surface area (TPSA) is 35.5 Å². The van der Waals surface area contributed by atoms with E-state index in [-0.39, 0.29) is 11.3 Å². The van der Waals surface area contributed by atoms with Crippen LogP contribution in [0.5, 0.6) is 5.75 Å². The Kier molecular flexibility index (Phi) is 4.75. The number of ether oxygens (including phenoxy) is 2. The maximum absolute atomic E-state index is 13.3. The predicted molar refractivity (Wildman–Crippen MR) is 63.0 cm³/mol. The smallest absolute Gasteiger partial charge is 0.450 e. The third-order valence-electron chi connectivity index (χ3n) is 3.00. The molecular formula is C13H14F4O3. The summed E-state index contributed by atoms with van der Waals surface area (Å²) in [6, 6.07) is 3.36. The molecule has 1 aromatic rings. The summed E-state index contributed by atoms with van der Waals surface area (Å²) < 4.78 is 60.4. The molecule has 7 heteroatoms. The van der Waals surface area contributed by atoms with Crippen molar-refractivity contribution in [3.63, 3.8) is 0 Å². The molecule has 1 aromatic carbocycles. The zero-order valence-electron chi connectivity index (χ0n) is 11.2.